The van der Waals surface area contributed by atoms with Gasteiger partial charge in [0, 0.05) is 26.2 Å². The second kappa shape index (κ2) is 8.88. The number of nitrogens with zero attached hydrogens (tertiary/aromatic N) is 2. The number of carbonyl (C=O) groups excluding carboxylic acids is 1. The van der Waals surface area contributed by atoms with Crippen LogP contribution in [0.5, 0.6) is 0 Å². The van der Waals surface area contributed by atoms with Crippen molar-refractivity contribution in [1.29, 1.82) is 0 Å². The van der Waals surface area contributed by atoms with Crippen molar-refractivity contribution in [2.45, 2.75) is 35.8 Å². The van der Waals surface area contributed by atoms with Gasteiger partial charge in [-0.15, -0.1) is 11.3 Å². The molecule has 1 aromatic carbocycles. The predicted molar refractivity (Wildman–Crippen MR) is 118 cm³/mol. The third-order valence-corrected chi connectivity index (χ3v) is 9.91. The van der Waals surface area contributed by atoms with Crippen LogP contribution in [0, 0.1) is 5.92 Å². The summed E-state index contributed by atoms with van der Waals surface area (Å²) in [5.41, 5.74) is 1.34. The Morgan fingerprint density at radius 1 is 1.00 bits per heavy atom. The highest BCUT2D eigenvalue weighted by Gasteiger charge is 2.36. The number of benzene rings is 1. The van der Waals surface area contributed by atoms with Crippen LogP contribution in [0.25, 0.3) is 0 Å². The first-order chi connectivity index (χ1) is 13.9. The summed E-state index contributed by atoms with van der Waals surface area (Å²) in [6.07, 6.45) is 3.42. The number of thiophene rings is 1. The van der Waals surface area contributed by atoms with Gasteiger partial charge >= 0.3 is 0 Å². The lowest BCUT2D eigenvalue weighted by Gasteiger charge is -2.37. The molecule has 3 heterocycles. The number of piperidine rings is 2. The summed E-state index contributed by atoms with van der Waals surface area (Å²) in [4.78, 5) is 15.1. The maximum Gasteiger partial charge on any atom is 0.252 e. The van der Waals surface area contributed by atoms with Gasteiger partial charge in [0.15, 0.2) is 0 Å². The minimum absolute atomic E-state index is 0.115. The minimum atomic E-state index is -3.53. The first kappa shape index (κ1) is 21.0. The number of halogens is 1. The highest BCUT2D eigenvalue weighted by molar-refractivity contribution is 9.11. The molecular weight excluding hydrogens is 472 g/mol. The molecule has 4 rings (SSSR count). The maximum atomic E-state index is 13.1. The first-order valence-electron chi connectivity index (χ1n) is 10.0. The molecule has 1 atom stereocenters. The predicted octanol–water partition coefficient (Wildman–Crippen LogP) is 4.32. The lowest BCUT2D eigenvalue weighted by Crippen LogP contribution is -2.48. The quantitative estimate of drug-likeness (QED) is 0.633. The molecule has 0 radical (unpaired) electrons. The number of likely N-dealkylation sites (tertiary alicyclic amines) is 1. The van der Waals surface area contributed by atoms with Crippen LogP contribution < -0.4 is 0 Å². The van der Waals surface area contributed by atoms with Crippen LogP contribution >= 0.6 is 27.3 Å². The molecule has 5 nitrogen and oxygen atoms in total. The van der Waals surface area contributed by atoms with E-state index in [4.69, 9.17) is 0 Å². The Morgan fingerprint density at radius 2 is 1.72 bits per heavy atom. The summed E-state index contributed by atoms with van der Waals surface area (Å²) in [6, 6.07) is 13.9. The van der Waals surface area contributed by atoms with Crippen molar-refractivity contribution in [2.24, 2.45) is 5.92 Å². The number of hydrogen-bond donors (Lipinski definition) is 0. The van der Waals surface area contributed by atoms with Gasteiger partial charge in [-0.1, -0.05) is 30.3 Å². The van der Waals surface area contributed by atoms with Crippen LogP contribution in [0.4, 0.5) is 0 Å². The first-order valence-corrected chi connectivity index (χ1v) is 13.1. The Bertz CT molecular complexity index is 953. The topological polar surface area (TPSA) is 57.7 Å². The number of rotatable bonds is 4. The molecule has 0 N–H and O–H groups in total. The van der Waals surface area contributed by atoms with Crippen molar-refractivity contribution >= 4 is 43.2 Å². The van der Waals surface area contributed by atoms with Gasteiger partial charge in [0.05, 0.1) is 9.70 Å². The fourth-order valence-corrected chi connectivity index (χ4v) is 8.03. The Balaban J connectivity index is 1.38. The monoisotopic (exact) mass is 496 g/mol. The molecule has 0 spiro atoms. The highest BCUT2D eigenvalue weighted by atomic mass is 79.9. The number of amides is 1. The Morgan fingerprint density at radius 3 is 2.38 bits per heavy atom. The minimum Gasteiger partial charge on any atom is -0.342 e. The summed E-state index contributed by atoms with van der Waals surface area (Å²) in [5.74, 6) is 0.375. The standard InChI is InChI=1S/C21H25BrN2O3S2/c22-19-8-9-20(28-19)29(26,27)24-12-4-7-18(15-24)21(25)23-13-10-17(11-14-23)16-5-2-1-3-6-16/h1-3,5-6,8-9,17-18H,4,7,10-15H2. The van der Waals surface area contributed by atoms with Crippen LogP contribution in [-0.2, 0) is 14.8 Å². The van der Waals surface area contributed by atoms with Crippen molar-refractivity contribution in [3.63, 3.8) is 0 Å². The van der Waals surface area contributed by atoms with Crippen molar-refractivity contribution in [3.8, 4) is 0 Å². The summed E-state index contributed by atoms with van der Waals surface area (Å²) in [7, 11) is -3.53. The molecule has 156 valence electrons. The van der Waals surface area contributed by atoms with Gasteiger partial charge in [0.2, 0.25) is 5.91 Å². The Hall–Kier alpha value is -1.22. The van der Waals surface area contributed by atoms with Gasteiger partial charge in [-0.2, -0.15) is 4.31 Å². The third-order valence-electron chi connectivity index (χ3n) is 5.95. The van der Waals surface area contributed by atoms with E-state index < -0.39 is 10.0 Å². The zero-order valence-corrected chi connectivity index (χ0v) is 19.4. The molecule has 0 aliphatic carbocycles. The van der Waals surface area contributed by atoms with Crippen LogP contribution in [-0.4, -0.2) is 49.7 Å². The molecule has 8 heteroatoms. The van der Waals surface area contributed by atoms with E-state index in [1.807, 2.05) is 11.0 Å². The van der Waals surface area contributed by atoms with Crippen molar-refractivity contribution in [3.05, 3.63) is 51.8 Å². The number of hydrogen-bond acceptors (Lipinski definition) is 4. The molecule has 0 bridgehead atoms. The average Bonchev–Trinajstić information content (AvgIpc) is 3.21. The van der Waals surface area contributed by atoms with Crippen molar-refractivity contribution in [1.82, 2.24) is 9.21 Å². The molecule has 2 saturated heterocycles. The zero-order valence-electron chi connectivity index (χ0n) is 16.2. The second-order valence-corrected chi connectivity index (χ2v) is 12.4. The van der Waals surface area contributed by atoms with E-state index >= 15 is 0 Å². The van der Waals surface area contributed by atoms with E-state index in [0.717, 1.165) is 42.6 Å². The molecule has 1 aromatic heterocycles. The van der Waals surface area contributed by atoms with E-state index in [-0.39, 0.29) is 18.4 Å². The number of sulfonamides is 1. The van der Waals surface area contributed by atoms with Crippen LogP contribution in [0.3, 0.4) is 0 Å². The van der Waals surface area contributed by atoms with Crippen LogP contribution in [0.15, 0.2) is 50.5 Å². The smallest absolute Gasteiger partial charge is 0.252 e. The molecule has 2 fully saturated rings. The fraction of sp³-hybridized carbons (Fsp3) is 0.476. The largest absolute Gasteiger partial charge is 0.342 e. The molecule has 2 aliphatic rings. The third kappa shape index (κ3) is 4.60. The van der Waals surface area contributed by atoms with Gasteiger partial charge in [0.1, 0.15) is 4.21 Å². The highest BCUT2D eigenvalue weighted by Crippen LogP contribution is 2.33. The van der Waals surface area contributed by atoms with E-state index in [9.17, 15) is 13.2 Å². The Kier molecular flexibility index (Phi) is 6.44. The van der Waals surface area contributed by atoms with Gasteiger partial charge in [-0.3, -0.25) is 4.79 Å². The summed E-state index contributed by atoms with van der Waals surface area (Å²) in [6.45, 7) is 2.27. The number of carbonyl (C=O) groups is 1. The molecule has 0 saturated carbocycles. The van der Waals surface area contributed by atoms with Gasteiger partial charge < -0.3 is 4.90 Å². The van der Waals surface area contributed by atoms with Crippen LogP contribution in [0.1, 0.15) is 37.2 Å². The SMILES string of the molecule is O=C(C1CCCN(S(=O)(=O)c2ccc(Br)s2)C1)N1CCC(c2ccccc2)CC1. The average molecular weight is 497 g/mol. The molecule has 1 unspecified atom stereocenters. The second-order valence-electron chi connectivity index (χ2n) is 7.77. The van der Waals surface area contributed by atoms with E-state index in [1.165, 1.54) is 21.2 Å². The van der Waals surface area contributed by atoms with Gasteiger partial charge in [0.25, 0.3) is 10.0 Å². The summed E-state index contributed by atoms with van der Waals surface area (Å²) in [5, 5.41) is 0. The Labute approximate surface area is 184 Å². The summed E-state index contributed by atoms with van der Waals surface area (Å²) < 4.78 is 28.5. The van der Waals surface area contributed by atoms with Crippen LogP contribution in [0.2, 0.25) is 0 Å². The molecule has 1 amide bonds. The van der Waals surface area contributed by atoms with Gasteiger partial charge in [-0.25, -0.2) is 8.42 Å². The normalized spacial score (nSPS) is 22.0. The van der Waals surface area contributed by atoms with E-state index in [2.05, 4.69) is 40.2 Å². The molecule has 29 heavy (non-hydrogen) atoms. The lowest BCUT2D eigenvalue weighted by atomic mass is 9.88. The molecule has 2 aromatic rings. The molecule has 2 aliphatic heterocycles. The van der Waals surface area contributed by atoms with E-state index in [0.29, 0.717) is 16.7 Å². The van der Waals surface area contributed by atoms with Crippen molar-refractivity contribution < 1.29 is 13.2 Å². The van der Waals surface area contributed by atoms with Crippen molar-refractivity contribution in [2.75, 3.05) is 26.2 Å². The molecular formula is C21H25BrN2O3S2. The zero-order chi connectivity index (χ0) is 20.4. The summed E-state index contributed by atoms with van der Waals surface area (Å²) >= 11 is 4.55. The lowest BCUT2D eigenvalue weighted by molar-refractivity contribution is -0.137. The van der Waals surface area contributed by atoms with Gasteiger partial charge in [-0.05, 0) is 65.2 Å². The van der Waals surface area contributed by atoms with E-state index in [1.54, 1.807) is 12.1 Å². The fourth-order valence-electron chi connectivity index (χ4n) is 4.34. The maximum absolute atomic E-state index is 13.1.